The summed E-state index contributed by atoms with van der Waals surface area (Å²) < 4.78 is 0. The Labute approximate surface area is 104 Å². The molecule has 1 aromatic rings. The first kappa shape index (κ1) is 12.6. The quantitative estimate of drug-likeness (QED) is 0.845. The van der Waals surface area contributed by atoms with Crippen molar-refractivity contribution in [3.8, 4) is 0 Å². The molecular weight excluding hydrogens is 210 g/mol. The van der Waals surface area contributed by atoms with Gasteiger partial charge in [-0.3, -0.25) is 5.10 Å². The zero-order chi connectivity index (χ0) is 12.3. The molecule has 3 nitrogen and oxygen atoms in total. The van der Waals surface area contributed by atoms with Crippen LogP contribution in [0.2, 0.25) is 0 Å². The monoisotopic (exact) mass is 235 g/mol. The summed E-state index contributed by atoms with van der Waals surface area (Å²) in [4.78, 5) is 0. The average molecular weight is 235 g/mol. The first-order valence-electron chi connectivity index (χ1n) is 6.78. The SMILES string of the molecule is CC(C)(C)C1CCCCC1NCc1cn[nH]c1. The molecule has 1 aromatic heterocycles. The number of aromatic amines is 1. The van der Waals surface area contributed by atoms with Crippen molar-refractivity contribution >= 4 is 0 Å². The standard InChI is InChI=1S/C14H25N3/c1-14(2,3)12-6-4-5-7-13(12)15-8-11-9-16-17-10-11/h9-10,12-13,15H,4-8H2,1-3H3,(H,16,17). The van der Waals surface area contributed by atoms with Crippen LogP contribution in [0.1, 0.15) is 52.0 Å². The van der Waals surface area contributed by atoms with E-state index in [0.29, 0.717) is 11.5 Å². The predicted octanol–water partition coefficient (Wildman–Crippen LogP) is 3.10. The molecule has 0 bridgehead atoms. The van der Waals surface area contributed by atoms with Crippen molar-refractivity contribution < 1.29 is 0 Å². The van der Waals surface area contributed by atoms with Gasteiger partial charge in [-0.15, -0.1) is 0 Å². The van der Waals surface area contributed by atoms with Gasteiger partial charge in [0.05, 0.1) is 6.20 Å². The highest BCUT2D eigenvalue weighted by molar-refractivity contribution is 5.02. The number of rotatable bonds is 3. The van der Waals surface area contributed by atoms with E-state index < -0.39 is 0 Å². The zero-order valence-electron chi connectivity index (χ0n) is 11.3. The van der Waals surface area contributed by atoms with Crippen LogP contribution in [-0.2, 0) is 6.54 Å². The summed E-state index contributed by atoms with van der Waals surface area (Å²) >= 11 is 0. The molecule has 2 unspecified atom stereocenters. The van der Waals surface area contributed by atoms with Gasteiger partial charge < -0.3 is 5.32 Å². The first-order chi connectivity index (χ1) is 8.07. The van der Waals surface area contributed by atoms with E-state index in [-0.39, 0.29) is 0 Å². The van der Waals surface area contributed by atoms with Gasteiger partial charge >= 0.3 is 0 Å². The van der Waals surface area contributed by atoms with E-state index in [1.165, 1.54) is 31.2 Å². The molecule has 1 saturated carbocycles. The zero-order valence-corrected chi connectivity index (χ0v) is 11.3. The molecule has 2 rings (SSSR count). The summed E-state index contributed by atoms with van der Waals surface area (Å²) in [7, 11) is 0. The van der Waals surface area contributed by atoms with Crippen LogP contribution in [0, 0.1) is 11.3 Å². The molecule has 0 amide bonds. The molecule has 2 atom stereocenters. The molecule has 1 aliphatic carbocycles. The van der Waals surface area contributed by atoms with Crippen LogP contribution in [0.25, 0.3) is 0 Å². The Hall–Kier alpha value is -0.830. The average Bonchev–Trinajstić information content (AvgIpc) is 2.78. The van der Waals surface area contributed by atoms with Crippen molar-refractivity contribution in [1.29, 1.82) is 0 Å². The van der Waals surface area contributed by atoms with Gasteiger partial charge in [0.25, 0.3) is 0 Å². The smallest absolute Gasteiger partial charge is 0.0532 e. The second-order valence-corrected chi connectivity index (χ2v) is 6.35. The van der Waals surface area contributed by atoms with E-state index in [1.54, 1.807) is 0 Å². The van der Waals surface area contributed by atoms with Crippen LogP contribution >= 0.6 is 0 Å². The van der Waals surface area contributed by atoms with E-state index in [0.717, 1.165) is 12.5 Å². The molecule has 0 radical (unpaired) electrons. The summed E-state index contributed by atoms with van der Waals surface area (Å²) in [6.45, 7) is 8.05. The van der Waals surface area contributed by atoms with Gasteiger partial charge in [0, 0.05) is 24.3 Å². The molecule has 2 N–H and O–H groups in total. The highest BCUT2D eigenvalue weighted by Crippen LogP contribution is 2.38. The van der Waals surface area contributed by atoms with Crippen LogP contribution in [-0.4, -0.2) is 16.2 Å². The molecule has 1 heterocycles. The molecule has 0 saturated heterocycles. The lowest BCUT2D eigenvalue weighted by Gasteiger charge is -2.41. The first-order valence-corrected chi connectivity index (χ1v) is 6.78. The van der Waals surface area contributed by atoms with Gasteiger partial charge in [0.2, 0.25) is 0 Å². The minimum Gasteiger partial charge on any atom is -0.310 e. The van der Waals surface area contributed by atoms with E-state index in [4.69, 9.17) is 0 Å². The third kappa shape index (κ3) is 3.32. The fraction of sp³-hybridized carbons (Fsp3) is 0.786. The highest BCUT2D eigenvalue weighted by Gasteiger charge is 2.33. The maximum atomic E-state index is 3.99. The van der Waals surface area contributed by atoms with Crippen molar-refractivity contribution in [2.24, 2.45) is 11.3 Å². The molecule has 1 aliphatic rings. The Balaban J connectivity index is 1.92. The van der Waals surface area contributed by atoms with Gasteiger partial charge in [0.1, 0.15) is 0 Å². The third-order valence-electron chi connectivity index (χ3n) is 4.00. The minimum absolute atomic E-state index is 0.411. The summed E-state index contributed by atoms with van der Waals surface area (Å²) in [5, 5.41) is 10.6. The fourth-order valence-corrected chi connectivity index (χ4v) is 3.04. The molecule has 3 heteroatoms. The Bertz CT molecular complexity index is 324. The normalized spacial score (nSPS) is 26.1. The Morgan fingerprint density at radius 2 is 2.12 bits per heavy atom. The lowest BCUT2D eigenvalue weighted by atomic mass is 9.69. The van der Waals surface area contributed by atoms with Crippen molar-refractivity contribution in [1.82, 2.24) is 15.5 Å². The minimum atomic E-state index is 0.411. The second kappa shape index (κ2) is 5.21. The van der Waals surface area contributed by atoms with Gasteiger partial charge in [-0.05, 0) is 24.2 Å². The predicted molar refractivity (Wildman–Crippen MR) is 70.6 cm³/mol. The number of nitrogens with zero attached hydrogens (tertiary/aromatic N) is 1. The lowest BCUT2D eigenvalue weighted by molar-refractivity contribution is 0.130. The van der Waals surface area contributed by atoms with Gasteiger partial charge in [-0.1, -0.05) is 33.6 Å². The van der Waals surface area contributed by atoms with E-state index in [2.05, 4.69) is 36.3 Å². The number of hydrogen-bond donors (Lipinski definition) is 2. The maximum absolute atomic E-state index is 3.99. The number of aromatic nitrogens is 2. The van der Waals surface area contributed by atoms with Gasteiger partial charge in [0.15, 0.2) is 0 Å². The van der Waals surface area contributed by atoms with E-state index >= 15 is 0 Å². The Kier molecular flexibility index (Phi) is 3.87. The lowest BCUT2D eigenvalue weighted by Crippen LogP contribution is -2.43. The summed E-state index contributed by atoms with van der Waals surface area (Å²) in [5.74, 6) is 0.795. The maximum Gasteiger partial charge on any atom is 0.0532 e. The van der Waals surface area contributed by atoms with E-state index in [1.807, 2.05) is 12.4 Å². The summed E-state index contributed by atoms with van der Waals surface area (Å²) in [5.41, 5.74) is 1.66. The van der Waals surface area contributed by atoms with Gasteiger partial charge in [-0.25, -0.2) is 0 Å². The van der Waals surface area contributed by atoms with Crippen LogP contribution in [0.3, 0.4) is 0 Å². The number of H-pyrrole nitrogens is 1. The molecule has 0 aromatic carbocycles. The Morgan fingerprint density at radius 3 is 2.76 bits per heavy atom. The fourth-order valence-electron chi connectivity index (χ4n) is 3.04. The largest absolute Gasteiger partial charge is 0.310 e. The van der Waals surface area contributed by atoms with Crippen molar-refractivity contribution in [2.75, 3.05) is 0 Å². The van der Waals surface area contributed by atoms with Crippen LogP contribution < -0.4 is 5.32 Å². The van der Waals surface area contributed by atoms with Crippen molar-refractivity contribution in [3.63, 3.8) is 0 Å². The van der Waals surface area contributed by atoms with Crippen LogP contribution in [0.15, 0.2) is 12.4 Å². The van der Waals surface area contributed by atoms with Crippen molar-refractivity contribution in [3.05, 3.63) is 18.0 Å². The molecular formula is C14H25N3. The van der Waals surface area contributed by atoms with Crippen LogP contribution in [0.4, 0.5) is 0 Å². The molecule has 0 aliphatic heterocycles. The van der Waals surface area contributed by atoms with Gasteiger partial charge in [-0.2, -0.15) is 5.10 Å². The topological polar surface area (TPSA) is 40.7 Å². The summed E-state index contributed by atoms with van der Waals surface area (Å²) in [6.07, 6.45) is 9.33. The molecule has 96 valence electrons. The highest BCUT2D eigenvalue weighted by atomic mass is 15.1. The number of hydrogen-bond acceptors (Lipinski definition) is 2. The number of nitrogens with one attached hydrogen (secondary N) is 2. The second-order valence-electron chi connectivity index (χ2n) is 6.35. The van der Waals surface area contributed by atoms with E-state index in [9.17, 15) is 0 Å². The van der Waals surface area contributed by atoms with Crippen molar-refractivity contribution in [2.45, 2.75) is 59.0 Å². The Morgan fingerprint density at radius 1 is 1.35 bits per heavy atom. The molecule has 17 heavy (non-hydrogen) atoms. The van der Waals surface area contributed by atoms with Crippen LogP contribution in [0.5, 0.6) is 0 Å². The third-order valence-corrected chi connectivity index (χ3v) is 4.00. The molecule has 1 fully saturated rings. The molecule has 0 spiro atoms. The summed E-state index contributed by atoms with van der Waals surface area (Å²) in [6, 6.07) is 0.665.